The summed E-state index contributed by atoms with van der Waals surface area (Å²) in [4.78, 5) is 12.0. The lowest BCUT2D eigenvalue weighted by Gasteiger charge is -2.12. The fourth-order valence-corrected chi connectivity index (χ4v) is 2.81. The maximum absolute atomic E-state index is 12.0. The summed E-state index contributed by atoms with van der Waals surface area (Å²) in [6.07, 6.45) is 4.71. The van der Waals surface area contributed by atoms with E-state index in [2.05, 4.69) is 21.2 Å². The number of rotatable bonds is 2. The number of carbonyl (C=O) groups is 1. The fourth-order valence-electron chi connectivity index (χ4n) is 2.14. The molecule has 1 aromatic rings. The van der Waals surface area contributed by atoms with Gasteiger partial charge < -0.3 is 5.32 Å². The van der Waals surface area contributed by atoms with Gasteiger partial charge in [-0.2, -0.15) is 0 Å². The molecule has 16 heavy (non-hydrogen) atoms. The number of aryl methyl sites for hydroxylation is 1. The van der Waals surface area contributed by atoms with Gasteiger partial charge in [0.1, 0.15) is 0 Å². The lowest BCUT2D eigenvalue weighted by atomic mass is 10.1. The molecular weight excluding hydrogens is 266 g/mol. The topological polar surface area (TPSA) is 29.1 Å². The van der Waals surface area contributed by atoms with Gasteiger partial charge >= 0.3 is 0 Å². The van der Waals surface area contributed by atoms with Crippen LogP contribution in [0.15, 0.2) is 22.7 Å². The zero-order valence-corrected chi connectivity index (χ0v) is 11.0. The van der Waals surface area contributed by atoms with E-state index in [1.54, 1.807) is 0 Å². The third-order valence-corrected chi connectivity index (χ3v) is 3.72. The largest absolute Gasteiger partial charge is 0.349 e. The number of halogens is 1. The molecule has 1 aliphatic carbocycles. The molecule has 1 saturated carbocycles. The Kier molecular flexibility index (Phi) is 3.64. The first-order chi connectivity index (χ1) is 7.66. The van der Waals surface area contributed by atoms with Crippen LogP contribution in [0.4, 0.5) is 0 Å². The predicted octanol–water partition coefficient (Wildman–Crippen LogP) is 3.43. The molecule has 2 nitrogen and oxygen atoms in total. The van der Waals surface area contributed by atoms with Gasteiger partial charge in [-0.3, -0.25) is 4.79 Å². The predicted molar refractivity (Wildman–Crippen MR) is 68.6 cm³/mol. The summed E-state index contributed by atoms with van der Waals surface area (Å²) in [6.45, 7) is 2.02. The van der Waals surface area contributed by atoms with Crippen molar-refractivity contribution in [2.24, 2.45) is 0 Å². The third kappa shape index (κ3) is 2.64. The zero-order chi connectivity index (χ0) is 11.5. The van der Waals surface area contributed by atoms with Gasteiger partial charge in [0, 0.05) is 10.5 Å². The molecule has 0 radical (unpaired) electrons. The highest BCUT2D eigenvalue weighted by Gasteiger charge is 2.18. The van der Waals surface area contributed by atoms with Crippen LogP contribution in [0.2, 0.25) is 0 Å². The minimum Gasteiger partial charge on any atom is -0.349 e. The van der Waals surface area contributed by atoms with Gasteiger partial charge in [-0.05, 0) is 53.4 Å². The minimum atomic E-state index is 0.0405. The molecule has 0 spiro atoms. The second kappa shape index (κ2) is 5.00. The molecule has 1 N–H and O–H groups in total. The molecule has 0 aliphatic heterocycles. The van der Waals surface area contributed by atoms with E-state index < -0.39 is 0 Å². The number of carbonyl (C=O) groups excluding carboxylic acids is 1. The van der Waals surface area contributed by atoms with E-state index in [1.807, 2.05) is 25.1 Å². The van der Waals surface area contributed by atoms with Crippen molar-refractivity contribution in [2.75, 3.05) is 0 Å². The first-order valence-electron chi connectivity index (χ1n) is 5.74. The maximum atomic E-state index is 12.0. The molecule has 0 unspecified atom stereocenters. The van der Waals surface area contributed by atoms with E-state index in [9.17, 15) is 4.79 Å². The molecule has 1 fully saturated rings. The molecule has 0 saturated heterocycles. The normalized spacial score (nSPS) is 16.4. The van der Waals surface area contributed by atoms with Crippen molar-refractivity contribution in [3.8, 4) is 0 Å². The highest BCUT2D eigenvalue weighted by Crippen LogP contribution is 2.21. The quantitative estimate of drug-likeness (QED) is 0.884. The van der Waals surface area contributed by atoms with Crippen molar-refractivity contribution < 1.29 is 4.79 Å². The van der Waals surface area contributed by atoms with Crippen molar-refractivity contribution in [1.29, 1.82) is 0 Å². The van der Waals surface area contributed by atoms with Crippen LogP contribution in [-0.4, -0.2) is 11.9 Å². The molecule has 2 rings (SSSR count). The van der Waals surface area contributed by atoms with E-state index in [0.717, 1.165) is 28.4 Å². The lowest BCUT2D eigenvalue weighted by molar-refractivity contribution is 0.0937. The van der Waals surface area contributed by atoms with Gasteiger partial charge in [0.05, 0.1) is 5.56 Å². The number of hydrogen-bond acceptors (Lipinski definition) is 1. The van der Waals surface area contributed by atoms with Crippen LogP contribution in [0.3, 0.4) is 0 Å². The molecule has 86 valence electrons. The number of nitrogens with one attached hydrogen (secondary N) is 1. The maximum Gasteiger partial charge on any atom is 0.252 e. The standard InChI is InChI=1S/C13H16BrNO/c1-9-6-7-11(12(14)8-9)13(16)15-10-4-2-3-5-10/h6-8,10H,2-5H2,1H3,(H,15,16). The van der Waals surface area contributed by atoms with Gasteiger partial charge in [-0.15, -0.1) is 0 Å². The van der Waals surface area contributed by atoms with E-state index >= 15 is 0 Å². The van der Waals surface area contributed by atoms with Gasteiger partial charge in [0.25, 0.3) is 5.91 Å². The van der Waals surface area contributed by atoms with Crippen LogP contribution in [0.1, 0.15) is 41.6 Å². The molecule has 0 heterocycles. The number of benzene rings is 1. The van der Waals surface area contributed by atoms with Crippen molar-refractivity contribution in [2.45, 2.75) is 38.6 Å². The summed E-state index contributed by atoms with van der Waals surface area (Å²) in [6, 6.07) is 6.20. The molecule has 1 aromatic carbocycles. The first-order valence-corrected chi connectivity index (χ1v) is 6.53. The Morgan fingerprint density at radius 2 is 2.06 bits per heavy atom. The number of hydrogen-bond donors (Lipinski definition) is 1. The van der Waals surface area contributed by atoms with Crippen molar-refractivity contribution in [1.82, 2.24) is 5.32 Å². The van der Waals surface area contributed by atoms with Crippen LogP contribution in [0.25, 0.3) is 0 Å². The van der Waals surface area contributed by atoms with Gasteiger partial charge in [0.2, 0.25) is 0 Å². The SMILES string of the molecule is Cc1ccc(C(=O)NC2CCCC2)c(Br)c1. The van der Waals surface area contributed by atoms with Crippen molar-refractivity contribution in [3.05, 3.63) is 33.8 Å². The Hall–Kier alpha value is -0.830. The molecule has 0 atom stereocenters. The Morgan fingerprint density at radius 3 is 2.69 bits per heavy atom. The lowest BCUT2D eigenvalue weighted by Crippen LogP contribution is -2.32. The molecule has 0 bridgehead atoms. The van der Waals surface area contributed by atoms with E-state index in [1.165, 1.54) is 12.8 Å². The highest BCUT2D eigenvalue weighted by atomic mass is 79.9. The number of amides is 1. The van der Waals surface area contributed by atoms with Crippen molar-refractivity contribution >= 4 is 21.8 Å². The molecule has 3 heteroatoms. The van der Waals surface area contributed by atoms with Gasteiger partial charge in [-0.1, -0.05) is 18.9 Å². The van der Waals surface area contributed by atoms with E-state index in [0.29, 0.717) is 6.04 Å². The average molecular weight is 282 g/mol. The molecule has 0 aromatic heterocycles. The van der Waals surface area contributed by atoms with Crippen LogP contribution in [-0.2, 0) is 0 Å². The zero-order valence-electron chi connectivity index (χ0n) is 9.42. The second-order valence-electron chi connectivity index (χ2n) is 4.44. The van der Waals surface area contributed by atoms with Crippen molar-refractivity contribution in [3.63, 3.8) is 0 Å². The summed E-state index contributed by atoms with van der Waals surface area (Å²) >= 11 is 3.44. The highest BCUT2D eigenvalue weighted by molar-refractivity contribution is 9.10. The summed E-state index contributed by atoms with van der Waals surface area (Å²) in [5.74, 6) is 0.0405. The summed E-state index contributed by atoms with van der Waals surface area (Å²) in [7, 11) is 0. The second-order valence-corrected chi connectivity index (χ2v) is 5.29. The summed E-state index contributed by atoms with van der Waals surface area (Å²) < 4.78 is 0.878. The Bertz CT molecular complexity index is 397. The first kappa shape index (κ1) is 11.6. The fraction of sp³-hybridized carbons (Fsp3) is 0.462. The molecule has 1 aliphatic rings. The van der Waals surface area contributed by atoms with Crippen LogP contribution in [0.5, 0.6) is 0 Å². The Labute approximate surface area is 105 Å². The summed E-state index contributed by atoms with van der Waals surface area (Å²) in [5.41, 5.74) is 1.89. The minimum absolute atomic E-state index is 0.0405. The Balaban J connectivity index is 2.08. The average Bonchev–Trinajstić information content (AvgIpc) is 2.70. The van der Waals surface area contributed by atoms with Crippen LogP contribution < -0.4 is 5.32 Å². The molecule has 1 amide bonds. The van der Waals surface area contributed by atoms with Crippen LogP contribution >= 0.6 is 15.9 Å². The van der Waals surface area contributed by atoms with Gasteiger partial charge in [0.15, 0.2) is 0 Å². The molecular formula is C13H16BrNO. The van der Waals surface area contributed by atoms with Gasteiger partial charge in [-0.25, -0.2) is 0 Å². The van der Waals surface area contributed by atoms with Crippen LogP contribution in [0, 0.1) is 6.92 Å². The summed E-state index contributed by atoms with van der Waals surface area (Å²) in [5, 5.41) is 3.09. The monoisotopic (exact) mass is 281 g/mol. The van der Waals surface area contributed by atoms with E-state index in [-0.39, 0.29) is 5.91 Å². The smallest absolute Gasteiger partial charge is 0.252 e. The van der Waals surface area contributed by atoms with E-state index in [4.69, 9.17) is 0 Å². The third-order valence-electron chi connectivity index (χ3n) is 3.06. The Morgan fingerprint density at radius 1 is 1.38 bits per heavy atom.